The van der Waals surface area contributed by atoms with Gasteiger partial charge in [-0.15, -0.1) is 11.3 Å². The van der Waals surface area contributed by atoms with E-state index < -0.39 is 0 Å². The van der Waals surface area contributed by atoms with Gasteiger partial charge in [0.15, 0.2) is 5.13 Å². The molecule has 2 heterocycles. The Kier molecular flexibility index (Phi) is 4.91. The summed E-state index contributed by atoms with van der Waals surface area (Å²) in [5.74, 6) is 0.0516. The maximum Gasteiger partial charge on any atom is 0.265 e. The molecule has 0 aliphatic carbocycles. The number of aromatic nitrogens is 2. The van der Waals surface area contributed by atoms with E-state index in [1.807, 2.05) is 12.3 Å². The van der Waals surface area contributed by atoms with Crippen LogP contribution < -0.4 is 16.4 Å². The van der Waals surface area contributed by atoms with Crippen molar-refractivity contribution < 1.29 is 4.79 Å². The molecule has 20 heavy (non-hydrogen) atoms. The minimum absolute atomic E-state index is 0.213. The lowest BCUT2D eigenvalue weighted by Crippen LogP contribution is -2.22. The van der Waals surface area contributed by atoms with Crippen LogP contribution in [-0.4, -0.2) is 22.4 Å². The largest absolute Gasteiger partial charge is 0.382 e. The molecule has 0 aliphatic rings. The smallest absolute Gasteiger partial charge is 0.265 e. The van der Waals surface area contributed by atoms with Crippen LogP contribution in [0.15, 0.2) is 5.38 Å². The molecule has 2 aromatic rings. The van der Waals surface area contributed by atoms with Gasteiger partial charge >= 0.3 is 0 Å². The zero-order chi connectivity index (χ0) is 14.5. The molecule has 8 heteroatoms. The van der Waals surface area contributed by atoms with Crippen molar-refractivity contribution in [3.63, 3.8) is 0 Å². The van der Waals surface area contributed by atoms with Crippen LogP contribution in [0.1, 0.15) is 33.7 Å². The van der Waals surface area contributed by atoms with E-state index in [0.29, 0.717) is 16.6 Å². The summed E-state index contributed by atoms with van der Waals surface area (Å²) in [5, 5.41) is 9.52. The van der Waals surface area contributed by atoms with Gasteiger partial charge in [0.05, 0.1) is 17.2 Å². The van der Waals surface area contributed by atoms with Gasteiger partial charge in [0, 0.05) is 11.9 Å². The fourth-order valence-electron chi connectivity index (χ4n) is 1.54. The van der Waals surface area contributed by atoms with Crippen molar-refractivity contribution in [3.8, 4) is 0 Å². The van der Waals surface area contributed by atoms with Crippen LogP contribution in [0.2, 0.25) is 0 Å². The number of carbonyl (C=O) groups is 1. The lowest BCUT2D eigenvalue weighted by Gasteiger charge is -2.01. The van der Waals surface area contributed by atoms with Crippen LogP contribution in [0.25, 0.3) is 0 Å². The fourth-order valence-corrected chi connectivity index (χ4v) is 2.98. The first kappa shape index (κ1) is 14.7. The first-order valence-electron chi connectivity index (χ1n) is 6.29. The third-order valence-corrected chi connectivity index (χ3v) is 4.33. The quantitative estimate of drug-likeness (QED) is 0.761. The highest BCUT2D eigenvalue weighted by molar-refractivity contribution is 7.18. The van der Waals surface area contributed by atoms with Crippen molar-refractivity contribution in [1.82, 2.24) is 15.3 Å². The zero-order valence-electron chi connectivity index (χ0n) is 11.4. The molecule has 0 atom stereocenters. The minimum atomic E-state index is -0.213. The molecule has 6 nitrogen and oxygen atoms in total. The molecule has 0 bridgehead atoms. The van der Waals surface area contributed by atoms with E-state index in [-0.39, 0.29) is 11.7 Å². The summed E-state index contributed by atoms with van der Waals surface area (Å²) in [5.41, 5.74) is 6.63. The Morgan fingerprint density at radius 1 is 1.45 bits per heavy atom. The van der Waals surface area contributed by atoms with E-state index in [9.17, 15) is 4.79 Å². The highest BCUT2D eigenvalue weighted by Gasteiger charge is 2.16. The summed E-state index contributed by atoms with van der Waals surface area (Å²) in [6, 6.07) is 0. The Morgan fingerprint density at radius 3 is 2.90 bits per heavy atom. The number of carbonyl (C=O) groups excluding carboxylic acids is 1. The number of amides is 1. The van der Waals surface area contributed by atoms with Crippen LogP contribution in [-0.2, 0) is 6.54 Å². The highest BCUT2D eigenvalue weighted by Crippen LogP contribution is 2.24. The Balaban J connectivity index is 1.96. The van der Waals surface area contributed by atoms with Crippen LogP contribution in [0.4, 0.5) is 10.9 Å². The number of nitrogens with zero attached hydrogens (tertiary/aromatic N) is 2. The van der Waals surface area contributed by atoms with Crippen molar-refractivity contribution in [2.45, 2.75) is 26.8 Å². The number of nitrogens with two attached hydrogens (primary N) is 1. The molecule has 1 amide bonds. The number of rotatable bonds is 6. The van der Waals surface area contributed by atoms with Crippen molar-refractivity contribution in [2.24, 2.45) is 0 Å². The van der Waals surface area contributed by atoms with Gasteiger partial charge in [-0.05, 0) is 13.3 Å². The number of nitrogen functional groups attached to an aromatic ring is 1. The summed E-state index contributed by atoms with van der Waals surface area (Å²) < 4.78 is 0. The number of nitrogens with one attached hydrogen (secondary N) is 2. The van der Waals surface area contributed by atoms with Crippen LogP contribution in [0, 0.1) is 6.92 Å². The van der Waals surface area contributed by atoms with Gasteiger partial charge in [0.1, 0.15) is 10.7 Å². The zero-order valence-corrected chi connectivity index (χ0v) is 13.0. The second kappa shape index (κ2) is 6.67. The van der Waals surface area contributed by atoms with Gasteiger partial charge in [-0.3, -0.25) is 4.79 Å². The van der Waals surface area contributed by atoms with Crippen LogP contribution >= 0.6 is 22.7 Å². The highest BCUT2D eigenvalue weighted by atomic mass is 32.1. The van der Waals surface area contributed by atoms with Gasteiger partial charge < -0.3 is 16.4 Å². The topological polar surface area (TPSA) is 92.9 Å². The number of hydrogen-bond donors (Lipinski definition) is 3. The van der Waals surface area contributed by atoms with Gasteiger partial charge in [0.25, 0.3) is 5.91 Å². The average Bonchev–Trinajstić information content (AvgIpc) is 3.00. The maximum atomic E-state index is 12.1. The first-order valence-corrected chi connectivity index (χ1v) is 7.99. The van der Waals surface area contributed by atoms with Crippen molar-refractivity contribution in [3.05, 3.63) is 21.0 Å². The molecule has 0 fully saturated rings. The van der Waals surface area contributed by atoms with Crippen molar-refractivity contribution in [2.75, 3.05) is 17.6 Å². The second-order valence-electron chi connectivity index (χ2n) is 4.20. The molecule has 0 aliphatic heterocycles. The Hall–Kier alpha value is -1.67. The summed E-state index contributed by atoms with van der Waals surface area (Å²) >= 11 is 2.83. The molecule has 0 spiro atoms. The summed E-state index contributed by atoms with van der Waals surface area (Å²) in [6.45, 7) is 5.21. The molecule has 0 aromatic carbocycles. The average molecular weight is 311 g/mol. The molecule has 2 aromatic heterocycles. The van der Waals surface area contributed by atoms with Gasteiger partial charge in [-0.25, -0.2) is 9.97 Å². The van der Waals surface area contributed by atoms with Crippen molar-refractivity contribution >= 4 is 39.5 Å². The molecule has 0 radical (unpaired) electrons. The number of hydrogen-bond acceptors (Lipinski definition) is 7. The minimum Gasteiger partial charge on any atom is -0.382 e. The molecular weight excluding hydrogens is 294 g/mol. The lowest BCUT2D eigenvalue weighted by molar-refractivity contribution is 0.0955. The summed E-state index contributed by atoms with van der Waals surface area (Å²) in [6.07, 6.45) is 0.990. The SMILES string of the molecule is CCCNc1nc(N)c(C(=O)NCc2csc(C)n2)s1. The molecular formula is C12H17N5OS2. The predicted octanol–water partition coefficient (Wildman–Crippen LogP) is 2.24. The standard InChI is InChI=1S/C12H17N5OS2/c1-3-4-14-12-17-10(13)9(20-12)11(18)15-5-8-6-19-7(2)16-8/h6H,3-5,13H2,1-2H3,(H,14,17)(H,15,18). The fraction of sp³-hybridized carbons (Fsp3) is 0.417. The molecule has 4 N–H and O–H groups in total. The van der Waals surface area contributed by atoms with Crippen molar-refractivity contribution in [1.29, 1.82) is 0 Å². The Labute approximate surface area is 125 Å². The third kappa shape index (κ3) is 3.67. The first-order chi connectivity index (χ1) is 9.60. The molecule has 0 unspecified atom stereocenters. The van der Waals surface area contributed by atoms with Gasteiger partial charge in [0.2, 0.25) is 0 Å². The van der Waals surface area contributed by atoms with E-state index in [2.05, 4.69) is 27.5 Å². The maximum absolute atomic E-state index is 12.1. The Bertz CT molecular complexity index is 592. The van der Waals surface area contributed by atoms with Crippen LogP contribution in [0.5, 0.6) is 0 Å². The Morgan fingerprint density at radius 2 is 2.25 bits per heavy atom. The van der Waals surface area contributed by atoms with E-state index in [1.165, 1.54) is 11.3 Å². The predicted molar refractivity (Wildman–Crippen MR) is 83.3 cm³/mol. The van der Waals surface area contributed by atoms with E-state index in [0.717, 1.165) is 23.7 Å². The van der Waals surface area contributed by atoms with Gasteiger partial charge in [-0.1, -0.05) is 18.3 Å². The monoisotopic (exact) mass is 311 g/mol. The molecule has 0 saturated heterocycles. The summed E-state index contributed by atoms with van der Waals surface area (Å²) in [7, 11) is 0. The van der Waals surface area contributed by atoms with E-state index in [4.69, 9.17) is 5.73 Å². The number of aryl methyl sites for hydroxylation is 1. The second-order valence-corrected chi connectivity index (χ2v) is 6.26. The van der Waals surface area contributed by atoms with Gasteiger partial charge in [-0.2, -0.15) is 0 Å². The van der Waals surface area contributed by atoms with E-state index >= 15 is 0 Å². The molecule has 0 saturated carbocycles. The van der Waals surface area contributed by atoms with E-state index in [1.54, 1.807) is 11.3 Å². The van der Waals surface area contributed by atoms with Crippen LogP contribution in [0.3, 0.4) is 0 Å². The normalized spacial score (nSPS) is 10.5. The number of anilines is 2. The summed E-state index contributed by atoms with van der Waals surface area (Å²) in [4.78, 5) is 20.9. The number of thiazole rings is 2. The lowest BCUT2D eigenvalue weighted by atomic mass is 10.4. The third-order valence-electron chi connectivity index (χ3n) is 2.48. The molecule has 108 valence electrons. The molecule has 2 rings (SSSR count).